The zero-order valence-electron chi connectivity index (χ0n) is 10.6. The largest absolute Gasteiger partial charge is 0.496 e. The molecule has 2 N–H and O–H groups in total. The van der Waals surface area contributed by atoms with Crippen molar-refractivity contribution in [2.75, 3.05) is 20.3 Å². The second-order valence-corrected chi connectivity index (χ2v) is 4.83. The minimum absolute atomic E-state index is 0.284. The molecule has 1 saturated heterocycles. The van der Waals surface area contributed by atoms with Gasteiger partial charge in [-0.25, -0.2) is 0 Å². The quantitative estimate of drug-likeness (QED) is 0.842. The molecule has 0 aromatic heterocycles. The number of nitrogens with one attached hydrogen (secondary N) is 1. The molecule has 1 aromatic carbocycles. The molecule has 2 unspecified atom stereocenters. The summed E-state index contributed by atoms with van der Waals surface area (Å²) in [6.07, 6.45) is 2.04. The lowest BCUT2D eigenvalue weighted by Crippen LogP contribution is -2.33. The van der Waals surface area contributed by atoms with E-state index < -0.39 is 0 Å². The molecule has 0 amide bonds. The first-order chi connectivity index (χ1) is 8.24. The van der Waals surface area contributed by atoms with Gasteiger partial charge in [0, 0.05) is 18.2 Å². The molecule has 3 nitrogen and oxygen atoms in total. The van der Waals surface area contributed by atoms with E-state index in [4.69, 9.17) is 4.74 Å². The van der Waals surface area contributed by atoms with E-state index in [1.807, 2.05) is 6.07 Å². The molecule has 1 aliphatic rings. The highest BCUT2D eigenvalue weighted by atomic mass is 16.5. The van der Waals surface area contributed by atoms with Crippen LogP contribution in [0.2, 0.25) is 0 Å². The van der Waals surface area contributed by atoms with Crippen LogP contribution >= 0.6 is 0 Å². The van der Waals surface area contributed by atoms with E-state index in [0.717, 1.165) is 25.1 Å². The first-order valence-corrected chi connectivity index (χ1v) is 6.23. The van der Waals surface area contributed by atoms with Gasteiger partial charge >= 0.3 is 0 Å². The van der Waals surface area contributed by atoms with Gasteiger partial charge in [-0.05, 0) is 38.3 Å². The molecule has 17 heavy (non-hydrogen) atoms. The first-order valence-electron chi connectivity index (χ1n) is 6.23. The van der Waals surface area contributed by atoms with Crippen LogP contribution in [0.5, 0.6) is 5.75 Å². The molecule has 1 heterocycles. The maximum absolute atomic E-state index is 9.28. The number of rotatable bonds is 3. The molecule has 0 bridgehead atoms. The van der Waals surface area contributed by atoms with Gasteiger partial charge in [-0.1, -0.05) is 17.7 Å². The molecule has 3 heteroatoms. The molecule has 2 atom stereocenters. The number of benzene rings is 1. The number of hydrogen-bond acceptors (Lipinski definition) is 3. The van der Waals surface area contributed by atoms with Crippen molar-refractivity contribution in [2.45, 2.75) is 25.8 Å². The van der Waals surface area contributed by atoms with Crippen LogP contribution in [0.3, 0.4) is 0 Å². The molecule has 0 saturated carbocycles. The van der Waals surface area contributed by atoms with E-state index in [1.54, 1.807) is 7.11 Å². The maximum atomic E-state index is 9.28. The van der Waals surface area contributed by atoms with Crippen LogP contribution in [0, 0.1) is 12.8 Å². The second-order valence-electron chi connectivity index (χ2n) is 4.83. The van der Waals surface area contributed by atoms with Gasteiger partial charge < -0.3 is 15.2 Å². The summed E-state index contributed by atoms with van der Waals surface area (Å²) in [6.45, 7) is 3.34. The summed E-state index contributed by atoms with van der Waals surface area (Å²) in [5, 5.41) is 12.8. The lowest BCUT2D eigenvalue weighted by atomic mass is 9.88. The summed E-state index contributed by atoms with van der Waals surface area (Å²) in [4.78, 5) is 0. The highest BCUT2D eigenvalue weighted by Gasteiger charge is 2.24. The van der Waals surface area contributed by atoms with Crippen LogP contribution in [0.4, 0.5) is 0 Å². The van der Waals surface area contributed by atoms with Crippen LogP contribution in [0.15, 0.2) is 18.2 Å². The summed E-state index contributed by atoms with van der Waals surface area (Å²) in [5.74, 6) is 1.35. The predicted molar refractivity (Wildman–Crippen MR) is 68.3 cm³/mol. The Morgan fingerprint density at radius 1 is 1.47 bits per heavy atom. The third-order valence-electron chi connectivity index (χ3n) is 3.53. The van der Waals surface area contributed by atoms with Crippen molar-refractivity contribution in [1.82, 2.24) is 5.32 Å². The topological polar surface area (TPSA) is 41.5 Å². The van der Waals surface area contributed by atoms with Crippen molar-refractivity contribution in [1.29, 1.82) is 0 Å². The van der Waals surface area contributed by atoms with Gasteiger partial charge in [0.05, 0.1) is 7.11 Å². The second kappa shape index (κ2) is 5.52. The summed E-state index contributed by atoms with van der Waals surface area (Å²) in [7, 11) is 1.71. The molecule has 94 valence electrons. The SMILES string of the molecule is COc1ccc(C)cc1C1CC(CO)CCN1. The monoisotopic (exact) mass is 235 g/mol. The zero-order chi connectivity index (χ0) is 12.3. The van der Waals surface area contributed by atoms with Crippen molar-refractivity contribution in [3.8, 4) is 5.75 Å². The number of hydrogen-bond donors (Lipinski definition) is 2. The third kappa shape index (κ3) is 2.79. The maximum Gasteiger partial charge on any atom is 0.123 e. The normalized spacial score (nSPS) is 24.6. The van der Waals surface area contributed by atoms with Gasteiger partial charge in [0.2, 0.25) is 0 Å². The fourth-order valence-corrected chi connectivity index (χ4v) is 2.53. The van der Waals surface area contributed by atoms with Crippen LogP contribution < -0.4 is 10.1 Å². The zero-order valence-corrected chi connectivity index (χ0v) is 10.6. The van der Waals surface area contributed by atoms with E-state index >= 15 is 0 Å². The van der Waals surface area contributed by atoms with Gasteiger partial charge in [-0.15, -0.1) is 0 Å². The lowest BCUT2D eigenvalue weighted by Gasteiger charge is -2.30. The molecule has 0 radical (unpaired) electrons. The van der Waals surface area contributed by atoms with Gasteiger partial charge in [0.1, 0.15) is 5.75 Å². The third-order valence-corrected chi connectivity index (χ3v) is 3.53. The Morgan fingerprint density at radius 2 is 2.29 bits per heavy atom. The van der Waals surface area contributed by atoms with E-state index in [1.165, 1.54) is 11.1 Å². The highest BCUT2D eigenvalue weighted by molar-refractivity contribution is 5.39. The van der Waals surface area contributed by atoms with Crippen LogP contribution in [-0.2, 0) is 0 Å². The fraction of sp³-hybridized carbons (Fsp3) is 0.571. The van der Waals surface area contributed by atoms with E-state index in [2.05, 4.69) is 24.4 Å². The predicted octanol–water partition coefficient (Wildman–Crippen LogP) is 2.04. The Hall–Kier alpha value is -1.06. The Kier molecular flexibility index (Phi) is 4.02. The molecule has 2 rings (SSSR count). The average Bonchev–Trinajstić information content (AvgIpc) is 2.39. The van der Waals surface area contributed by atoms with Crippen molar-refractivity contribution in [3.05, 3.63) is 29.3 Å². The van der Waals surface area contributed by atoms with Crippen molar-refractivity contribution >= 4 is 0 Å². The molecule has 0 spiro atoms. The van der Waals surface area contributed by atoms with Crippen LogP contribution in [-0.4, -0.2) is 25.4 Å². The van der Waals surface area contributed by atoms with E-state index in [-0.39, 0.29) is 6.61 Å². The summed E-state index contributed by atoms with van der Waals surface area (Å²) < 4.78 is 5.42. The highest BCUT2D eigenvalue weighted by Crippen LogP contribution is 2.33. The summed E-state index contributed by atoms with van der Waals surface area (Å²) in [6, 6.07) is 6.57. The molecular weight excluding hydrogens is 214 g/mol. The molecular formula is C14H21NO2. The average molecular weight is 235 g/mol. The molecule has 1 aliphatic heterocycles. The summed E-state index contributed by atoms with van der Waals surface area (Å²) in [5.41, 5.74) is 2.46. The number of aryl methyl sites for hydroxylation is 1. The Balaban J connectivity index is 2.22. The van der Waals surface area contributed by atoms with Gasteiger partial charge in [0.15, 0.2) is 0 Å². The van der Waals surface area contributed by atoms with Crippen molar-refractivity contribution < 1.29 is 9.84 Å². The Morgan fingerprint density at radius 3 is 3.00 bits per heavy atom. The molecule has 1 aromatic rings. The van der Waals surface area contributed by atoms with Gasteiger partial charge in [-0.3, -0.25) is 0 Å². The lowest BCUT2D eigenvalue weighted by molar-refractivity contribution is 0.175. The number of piperidine rings is 1. The molecule has 1 fully saturated rings. The Bertz CT molecular complexity index is 378. The van der Waals surface area contributed by atoms with Crippen LogP contribution in [0.25, 0.3) is 0 Å². The van der Waals surface area contributed by atoms with E-state index in [9.17, 15) is 5.11 Å². The van der Waals surface area contributed by atoms with Crippen molar-refractivity contribution in [2.24, 2.45) is 5.92 Å². The Labute approximate surface area is 103 Å². The van der Waals surface area contributed by atoms with Gasteiger partial charge in [0.25, 0.3) is 0 Å². The number of aliphatic hydroxyl groups excluding tert-OH is 1. The smallest absolute Gasteiger partial charge is 0.123 e. The van der Waals surface area contributed by atoms with Crippen molar-refractivity contribution in [3.63, 3.8) is 0 Å². The van der Waals surface area contributed by atoms with Gasteiger partial charge in [-0.2, -0.15) is 0 Å². The number of methoxy groups -OCH3 is 1. The van der Waals surface area contributed by atoms with E-state index in [0.29, 0.717) is 12.0 Å². The standard InChI is InChI=1S/C14H21NO2/c1-10-3-4-14(17-2)12(7-10)13-8-11(9-16)5-6-15-13/h3-4,7,11,13,15-16H,5-6,8-9H2,1-2H3. The fourth-order valence-electron chi connectivity index (χ4n) is 2.53. The number of aliphatic hydroxyl groups is 1. The minimum atomic E-state index is 0.284. The minimum Gasteiger partial charge on any atom is -0.496 e. The summed E-state index contributed by atoms with van der Waals surface area (Å²) >= 11 is 0. The molecule has 0 aliphatic carbocycles. The first kappa shape index (κ1) is 12.4. The number of ether oxygens (including phenoxy) is 1. The van der Waals surface area contributed by atoms with Crippen LogP contribution in [0.1, 0.15) is 30.0 Å².